The van der Waals surface area contributed by atoms with Gasteiger partial charge in [0, 0.05) is 23.7 Å². The van der Waals surface area contributed by atoms with Gasteiger partial charge in [0.05, 0.1) is 0 Å². The second-order valence-corrected chi connectivity index (χ2v) is 6.14. The average molecular weight is 391 g/mol. The number of hydrogen-bond donors (Lipinski definition) is 1. The Hall–Kier alpha value is -4.07. The predicted molar refractivity (Wildman–Crippen MR) is 106 cm³/mol. The SMILES string of the molecule is Cc1ccc(OCC(=O)c2ccc(NC(=O)c3ccccc3)cc2)c([N+](=O)[O-])n1. The molecule has 1 N–H and O–H groups in total. The number of anilines is 1. The summed E-state index contributed by atoms with van der Waals surface area (Å²) in [5.74, 6) is -1.12. The van der Waals surface area contributed by atoms with E-state index in [4.69, 9.17) is 4.74 Å². The summed E-state index contributed by atoms with van der Waals surface area (Å²) in [6.45, 7) is 1.25. The van der Waals surface area contributed by atoms with E-state index in [1.807, 2.05) is 6.07 Å². The van der Waals surface area contributed by atoms with Crippen LogP contribution >= 0.6 is 0 Å². The third-order valence-electron chi connectivity index (χ3n) is 4.01. The number of pyridine rings is 1. The Balaban J connectivity index is 1.62. The first kappa shape index (κ1) is 19.7. The molecule has 1 heterocycles. The number of amides is 1. The van der Waals surface area contributed by atoms with Crippen LogP contribution < -0.4 is 10.1 Å². The molecule has 8 nitrogen and oxygen atoms in total. The number of Topliss-reactive ketones (excluding diaryl/α,β-unsaturated/α-hetero) is 1. The third kappa shape index (κ3) is 5.01. The maximum absolute atomic E-state index is 12.3. The van der Waals surface area contributed by atoms with Crippen molar-refractivity contribution in [1.82, 2.24) is 4.98 Å². The first-order chi connectivity index (χ1) is 13.9. The molecule has 2 aromatic carbocycles. The zero-order chi connectivity index (χ0) is 20.8. The van der Waals surface area contributed by atoms with E-state index >= 15 is 0 Å². The Morgan fingerprint density at radius 3 is 2.34 bits per heavy atom. The molecule has 0 saturated carbocycles. The summed E-state index contributed by atoms with van der Waals surface area (Å²) in [6, 6.07) is 18.0. The summed E-state index contributed by atoms with van der Waals surface area (Å²) in [5.41, 5.74) is 1.89. The number of nitrogens with zero attached hydrogens (tertiary/aromatic N) is 2. The van der Waals surface area contributed by atoms with E-state index in [0.29, 0.717) is 22.5 Å². The topological polar surface area (TPSA) is 111 Å². The Labute approximate surface area is 166 Å². The van der Waals surface area contributed by atoms with Crippen LogP contribution in [-0.2, 0) is 0 Å². The van der Waals surface area contributed by atoms with E-state index in [2.05, 4.69) is 10.3 Å². The molecule has 3 rings (SSSR count). The number of carbonyl (C=O) groups excluding carboxylic acids is 2. The van der Waals surface area contributed by atoms with Crippen LogP contribution in [-0.4, -0.2) is 28.2 Å². The van der Waals surface area contributed by atoms with Gasteiger partial charge in [0.15, 0.2) is 12.4 Å². The van der Waals surface area contributed by atoms with Crippen molar-refractivity contribution >= 4 is 23.2 Å². The number of aromatic nitrogens is 1. The molecule has 0 radical (unpaired) electrons. The van der Waals surface area contributed by atoms with Crippen molar-refractivity contribution in [2.75, 3.05) is 11.9 Å². The van der Waals surface area contributed by atoms with Crippen molar-refractivity contribution in [3.05, 3.63) is 93.7 Å². The number of aryl methyl sites for hydroxylation is 1. The molecular formula is C21H17N3O5. The van der Waals surface area contributed by atoms with E-state index < -0.39 is 10.7 Å². The lowest BCUT2D eigenvalue weighted by Crippen LogP contribution is -2.14. The van der Waals surface area contributed by atoms with Gasteiger partial charge in [0.2, 0.25) is 5.75 Å². The van der Waals surface area contributed by atoms with Gasteiger partial charge in [0.1, 0.15) is 5.69 Å². The van der Waals surface area contributed by atoms with Gasteiger partial charge in [-0.05, 0) is 58.4 Å². The molecule has 146 valence electrons. The van der Waals surface area contributed by atoms with Crippen LogP contribution in [0.5, 0.6) is 5.75 Å². The molecular weight excluding hydrogens is 374 g/mol. The van der Waals surface area contributed by atoms with Crippen LogP contribution in [0.4, 0.5) is 11.5 Å². The fourth-order valence-electron chi connectivity index (χ4n) is 2.53. The Morgan fingerprint density at radius 2 is 1.69 bits per heavy atom. The van der Waals surface area contributed by atoms with Gasteiger partial charge >= 0.3 is 5.82 Å². The molecule has 29 heavy (non-hydrogen) atoms. The fraction of sp³-hybridized carbons (Fsp3) is 0.0952. The lowest BCUT2D eigenvalue weighted by Gasteiger charge is -2.08. The Kier molecular flexibility index (Phi) is 5.94. The van der Waals surface area contributed by atoms with Gasteiger partial charge in [-0.3, -0.25) is 9.59 Å². The van der Waals surface area contributed by atoms with Crippen LogP contribution in [0.15, 0.2) is 66.7 Å². The summed E-state index contributed by atoms with van der Waals surface area (Å²) >= 11 is 0. The highest BCUT2D eigenvalue weighted by atomic mass is 16.6. The molecule has 0 saturated heterocycles. The van der Waals surface area contributed by atoms with E-state index in [0.717, 1.165) is 0 Å². The molecule has 0 aliphatic rings. The number of hydrogen-bond acceptors (Lipinski definition) is 6. The highest BCUT2D eigenvalue weighted by Gasteiger charge is 2.19. The number of ether oxygens (including phenoxy) is 1. The van der Waals surface area contributed by atoms with Crippen LogP contribution in [0, 0.1) is 17.0 Å². The number of carbonyl (C=O) groups is 2. The lowest BCUT2D eigenvalue weighted by atomic mass is 10.1. The van der Waals surface area contributed by atoms with Crippen LogP contribution in [0.3, 0.4) is 0 Å². The van der Waals surface area contributed by atoms with Crippen LogP contribution in [0.2, 0.25) is 0 Å². The quantitative estimate of drug-likeness (QED) is 0.372. The molecule has 0 atom stereocenters. The predicted octanol–water partition coefficient (Wildman–Crippen LogP) is 3.81. The maximum Gasteiger partial charge on any atom is 0.406 e. The first-order valence-electron chi connectivity index (χ1n) is 8.68. The van der Waals surface area contributed by atoms with Gasteiger partial charge < -0.3 is 20.2 Å². The second kappa shape index (κ2) is 8.75. The average Bonchev–Trinajstić information content (AvgIpc) is 2.73. The van der Waals surface area contributed by atoms with Crippen molar-refractivity contribution in [3.63, 3.8) is 0 Å². The van der Waals surface area contributed by atoms with Crippen LogP contribution in [0.25, 0.3) is 0 Å². The number of rotatable bonds is 7. The molecule has 0 aliphatic heterocycles. The molecule has 0 unspecified atom stereocenters. The summed E-state index contributed by atoms with van der Waals surface area (Å²) in [4.78, 5) is 38.7. The van der Waals surface area contributed by atoms with Gasteiger partial charge in [-0.2, -0.15) is 0 Å². The second-order valence-electron chi connectivity index (χ2n) is 6.14. The summed E-state index contributed by atoms with van der Waals surface area (Å²) < 4.78 is 5.30. The Bertz CT molecular complexity index is 1050. The van der Waals surface area contributed by atoms with Crippen molar-refractivity contribution < 1.29 is 19.2 Å². The number of ketones is 1. The highest BCUT2D eigenvalue weighted by Crippen LogP contribution is 2.24. The fourth-order valence-corrected chi connectivity index (χ4v) is 2.53. The monoisotopic (exact) mass is 391 g/mol. The van der Waals surface area contributed by atoms with Crippen molar-refractivity contribution in [1.29, 1.82) is 0 Å². The molecule has 0 bridgehead atoms. The van der Waals surface area contributed by atoms with Gasteiger partial charge in [-0.25, -0.2) is 0 Å². The smallest absolute Gasteiger partial charge is 0.406 e. The Morgan fingerprint density at radius 1 is 1.00 bits per heavy atom. The van der Waals surface area contributed by atoms with Crippen molar-refractivity contribution in [3.8, 4) is 5.75 Å². The largest absolute Gasteiger partial charge is 0.477 e. The minimum atomic E-state index is -0.656. The minimum Gasteiger partial charge on any atom is -0.477 e. The normalized spacial score (nSPS) is 10.2. The molecule has 1 aromatic heterocycles. The zero-order valence-electron chi connectivity index (χ0n) is 15.5. The number of nitro groups is 1. The molecule has 8 heteroatoms. The van der Waals surface area contributed by atoms with Crippen LogP contribution in [0.1, 0.15) is 26.4 Å². The van der Waals surface area contributed by atoms with Crippen molar-refractivity contribution in [2.24, 2.45) is 0 Å². The molecule has 0 aliphatic carbocycles. The van der Waals surface area contributed by atoms with E-state index in [-0.39, 0.29) is 24.0 Å². The summed E-state index contributed by atoms with van der Waals surface area (Å²) in [6.07, 6.45) is 0. The molecule has 1 amide bonds. The maximum atomic E-state index is 12.3. The highest BCUT2D eigenvalue weighted by molar-refractivity contribution is 6.04. The molecule has 3 aromatic rings. The third-order valence-corrected chi connectivity index (χ3v) is 4.01. The van der Waals surface area contributed by atoms with E-state index in [1.54, 1.807) is 61.5 Å². The standard InChI is InChI=1S/C21H17N3O5/c1-14-7-12-19(20(22-14)24(27)28)29-13-18(25)15-8-10-17(11-9-15)23-21(26)16-5-3-2-4-6-16/h2-12H,13H2,1H3,(H,23,26). The van der Waals surface area contributed by atoms with Gasteiger partial charge in [0.25, 0.3) is 5.91 Å². The molecule has 0 spiro atoms. The van der Waals surface area contributed by atoms with E-state index in [9.17, 15) is 19.7 Å². The summed E-state index contributed by atoms with van der Waals surface area (Å²) in [5, 5.41) is 13.8. The lowest BCUT2D eigenvalue weighted by molar-refractivity contribution is -0.390. The minimum absolute atomic E-state index is 0.0688. The number of benzene rings is 2. The van der Waals surface area contributed by atoms with E-state index in [1.165, 1.54) is 6.07 Å². The first-order valence-corrected chi connectivity index (χ1v) is 8.68. The number of nitrogens with one attached hydrogen (secondary N) is 1. The summed E-state index contributed by atoms with van der Waals surface area (Å²) in [7, 11) is 0. The zero-order valence-corrected chi connectivity index (χ0v) is 15.5. The van der Waals surface area contributed by atoms with Gasteiger partial charge in [-0.1, -0.05) is 18.2 Å². The van der Waals surface area contributed by atoms with Gasteiger partial charge in [-0.15, -0.1) is 0 Å². The van der Waals surface area contributed by atoms with Crippen molar-refractivity contribution in [2.45, 2.75) is 6.92 Å². The molecule has 0 fully saturated rings.